The van der Waals surface area contributed by atoms with Crippen molar-refractivity contribution in [1.82, 2.24) is 10.2 Å². The number of nitrogens with zero attached hydrogens (tertiary/aromatic N) is 1. The summed E-state index contributed by atoms with van der Waals surface area (Å²) < 4.78 is 0. The van der Waals surface area contributed by atoms with Gasteiger partial charge in [0.2, 0.25) is 0 Å². The second-order valence-electron chi connectivity index (χ2n) is 5.22. The van der Waals surface area contributed by atoms with Gasteiger partial charge >= 0.3 is 0 Å². The van der Waals surface area contributed by atoms with Crippen molar-refractivity contribution in [2.45, 2.75) is 38.8 Å². The van der Waals surface area contributed by atoms with Crippen LogP contribution < -0.4 is 5.32 Å². The largest absolute Gasteiger partial charge is 0.315 e. The van der Waals surface area contributed by atoms with Gasteiger partial charge < -0.3 is 5.32 Å². The molecule has 4 heteroatoms. The first-order valence-electron chi connectivity index (χ1n) is 7.09. The maximum absolute atomic E-state index is 6.10. The van der Waals surface area contributed by atoms with Gasteiger partial charge in [0.25, 0.3) is 0 Å². The van der Waals surface area contributed by atoms with Crippen molar-refractivity contribution in [2.24, 2.45) is 0 Å². The van der Waals surface area contributed by atoms with Gasteiger partial charge in [-0.25, -0.2) is 0 Å². The molecule has 2 nitrogen and oxygen atoms in total. The van der Waals surface area contributed by atoms with Crippen molar-refractivity contribution in [3.8, 4) is 0 Å². The average molecular weight is 301 g/mol. The second kappa shape index (κ2) is 7.49. The molecule has 106 valence electrons. The van der Waals surface area contributed by atoms with Crippen molar-refractivity contribution in [1.29, 1.82) is 0 Å². The van der Waals surface area contributed by atoms with Crippen molar-refractivity contribution in [3.05, 3.63) is 33.8 Å². The number of hydrogen-bond acceptors (Lipinski definition) is 2. The van der Waals surface area contributed by atoms with Crippen LogP contribution in [0.4, 0.5) is 0 Å². The summed E-state index contributed by atoms with van der Waals surface area (Å²) in [6, 6.07) is 6.62. The molecule has 1 unspecified atom stereocenters. The van der Waals surface area contributed by atoms with Crippen LogP contribution in [0.3, 0.4) is 0 Å². The molecular weight excluding hydrogens is 279 g/mol. The van der Waals surface area contributed by atoms with Crippen LogP contribution >= 0.6 is 23.2 Å². The smallest absolute Gasteiger partial charge is 0.0595 e. The fourth-order valence-electron chi connectivity index (χ4n) is 2.58. The van der Waals surface area contributed by atoms with E-state index in [4.69, 9.17) is 23.2 Å². The molecule has 0 aliphatic carbocycles. The van der Waals surface area contributed by atoms with Gasteiger partial charge in [-0.2, -0.15) is 0 Å². The molecule has 0 bridgehead atoms. The van der Waals surface area contributed by atoms with Crippen molar-refractivity contribution in [3.63, 3.8) is 0 Å². The summed E-state index contributed by atoms with van der Waals surface area (Å²) in [6.07, 6.45) is 3.72. The van der Waals surface area contributed by atoms with Gasteiger partial charge in [0.15, 0.2) is 0 Å². The average Bonchev–Trinajstić information content (AvgIpc) is 2.92. The Kier molecular flexibility index (Phi) is 5.96. The minimum absolute atomic E-state index is 0.632. The summed E-state index contributed by atoms with van der Waals surface area (Å²) in [5.41, 5.74) is 1.25. The van der Waals surface area contributed by atoms with E-state index < -0.39 is 0 Å². The molecule has 1 N–H and O–H groups in total. The number of halogens is 2. The van der Waals surface area contributed by atoms with E-state index in [1.165, 1.54) is 24.8 Å². The van der Waals surface area contributed by atoms with E-state index in [1.54, 1.807) is 0 Å². The molecule has 2 rings (SSSR count). The SMILES string of the molecule is CCCCN(Cc1ccc(Cl)c(Cl)c1)C1CCNC1. The zero-order chi connectivity index (χ0) is 13.7. The Balaban J connectivity index is 2.03. The molecule has 1 aliphatic heterocycles. The van der Waals surface area contributed by atoms with Gasteiger partial charge in [0, 0.05) is 19.1 Å². The lowest BCUT2D eigenvalue weighted by atomic mass is 10.1. The van der Waals surface area contributed by atoms with Crippen LogP contribution in [-0.4, -0.2) is 30.6 Å². The molecule has 1 fully saturated rings. The quantitative estimate of drug-likeness (QED) is 0.855. The number of unbranched alkanes of at least 4 members (excludes halogenated alkanes) is 1. The molecule has 0 spiro atoms. The molecule has 0 radical (unpaired) electrons. The Morgan fingerprint density at radius 2 is 2.16 bits per heavy atom. The predicted molar refractivity (Wildman–Crippen MR) is 83.1 cm³/mol. The molecule has 1 atom stereocenters. The first-order chi connectivity index (χ1) is 9.20. The highest BCUT2D eigenvalue weighted by atomic mass is 35.5. The lowest BCUT2D eigenvalue weighted by molar-refractivity contribution is 0.196. The highest BCUT2D eigenvalue weighted by Crippen LogP contribution is 2.24. The molecule has 0 saturated carbocycles. The Bertz CT molecular complexity index is 403. The number of rotatable bonds is 6. The fourth-order valence-corrected chi connectivity index (χ4v) is 2.90. The van der Waals surface area contributed by atoms with Crippen LogP contribution in [0.1, 0.15) is 31.7 Å². The van der Waals surface area contributed by atoms with Crippen molar-refractivity contribution in [2.75, 3.05) is 19.6 Å². The maximum atomic E-state index is 6.10. The topological polar surface area (TPSA) is 15.3 Å². The number of nitrogens with one attached hydrogen (secondary N) is 1. The zero-order valence-corrected chi connectivity index (χ0v) is 13.0. The van der Waals surface area contributed by atoms with E-state index in [2.05, 4.69) is 23.2 Å². The standard InChI is InChI=1S/C15H22Cl2N2/c1-2-3-8-19(13-6-7-18-10-13)11-12-4-5-14(16)15(17)9-12/h4-5,9,13,18H,2-3,6-8,10-11H2,1H3. The summed E-state index contributed by atoms with van der Waals surface area (Å²) in [6.45, 7) is 6.59. The van der Waals surface area contributed by atoms with Crippen LogP contribution in [0.15, 0.2) is 18.2 Å². The highest BCUT2D eigenvalue weighted by Gasteiger charge is 2.21. The molecule has 19 heavy (non-hydrogen) atoms. The van der Waals surface area contributed by atoms with E-state index in [0.717, 1.165) is 26.2 Å². The van der Waals surface area contributed by atoms with Crippen LogP contribution in [0.5, 0.6) is 0 Å². The Hall–Kier alpha value is -0.280. The van der Waals surface area contributed by atoms with Crippen molar-refractivity contribution >= 4 is 23.2 Å². The third kappa shape index (κ3) is 4.35. The molecule has 1 saturated heterocycles. The first-order valence-corrected chi connectivity index (χ1v) is 7.85. The van der Waals surface area contributed by atoms with Crippen LogP contribution in [0.25, 0.3) is 0 Å². The highest BCUT2D eigenvalue weighted by molar-refractivity contribution is 6.42. The molecule has 0 aromatic heterocycles. The van der Waals surface area contributed by atoms with E-state index in [0.29, 0.717) is 16.1 Å². The third-order valence-electron chi connectivity index (χ3n) is 3.72. The van der Waals surface area contributed by atoms with Gasteiger partial charge in [0.05, 0.1) is 10.0 Å². The normalized spacial score (nSPS) is 19.3. The van der Waals surface area contributed by atoms with E-state index in [-0.39, 0.29) is 0 Å². The Labute approximate surface area is 126 Å². The molecule has 1 heterocycles. The summed E-state index contributed by atoms with van der Waals surface area (Å²) in [5, 5.41) is 4.73. The molecule has 0 amide bonds. The molecular formula is C15H22Cl2N2. The fraction of sp³-hybridized carbons (Fsp3) is 0.600. The van der Waals surface area contributed by atoms with Crippen LogP contribution in [-0.2, 0) is 6.54 Å². The summed E-state index contributed by atoms with van der Waals surface area (Å²) in [7, 11) is 0. The van der Waals surface area contributed by atoms with Gasteiger partial charge in [-0.15, -0.1) is 0 Å². The monoisotopic (exact) mass is 300 g/mol. The first kappa shape index (κ1) is 15.1. The minimum Gasteiger partial charge on any atom is -0.315 e. The summed E-state index contributed by atoms with van der Waals surface area (Å²) >= 11 is 12.1. The van der Waals surface area contributed by atoms with E-state index in [1.807, 2.05) is 12.1 Å². The molecule has 1 aromatic carbocycles. The minimum atomic E-state index is 0.632. The Morgan fingerprint density at radius 3 is 2.79 bits per heavy atom. The lowest BCUT2D eigenvalue weighted by Crippen LogP contribution is -2.37. The van der Waals surface area contributed by atoms with E-state index in [9.17, 15) is 0 Å². The van der Waals surface area contributed by atoms with Crippen molar-refractivity contribution < 1.29 is 0 Å². The molecule has 1 aliphatic rings. The zero-order valence-electron chi connectivity index (χ0n) is 11.5. The predicted octanol–water partition coefficient (Wildman–Crippen LogP) is 3.96. The summed E-state index contributed by atoms with van der Waals surface area (Å²) in [4.78, 5) is 2.57. The van der Waals surface area contributed by atoms with Gasteiger partial charge in [0.1, 0.15) is 0 Å². The van der Waals surface area contributed by atoms with Gasteiger partial charge in [-0.3, -0.25) is 4.90 Å². The lowest BCUT2D eigenvalue weighted by Gasteiger charge is -2.28. The maximum Gasteiger partial charge on any atom is 0.0595 e. The Morgan fingerprint density at radius 1 is 1.32 bits per heavy atom. The summed E-state index contributed by atoms with van der Waals surface area (Å²) in [5.74, 6) is 0. The van der Waals surface area contributed by atoms with Crippen LogP contribution in [0.2, 0.25) is 10.0 Å². The van der Waals surface area contributed by atoms with Gasteiger partial charge in [-0.05, 0) is 43.6 Å². The van der Waals surface area contributed by atoms with E-state index >= 15 is 0 Å². The number of benzene rings is 1. The second-order valence-corrected chi connectivity index (χ2v) is 6.03. The third-order valence-corrected chi connectivity index (χ3v) is 4.46. The number of hydrogen-bond donors (Lipinski definition) is 1. The van der Waals surface area contributed by atoms with Crippen LogP contribution in [0, 0.1) is 0 Å². The van der Waals surface area contributed by atoms with Gasteiger partial charge in [-0.1, -0.05) is 42.6 Å². The molecule has 1 aromatic rings.